The van der Waals surface area contributed by atoms with Crippen LogP contribution in [0.3, 0.4) is 0 Å². The Morgan fingerprint density at radius 1 is 1.11 bits per heavy atom. The topological polar surface area (TPSA) is 64.1 Å². The molecule has 0 aliphatic carbocycles. The number of halogens is 3. The number of thioether (sulfide) groups is 1. The molecular formula is C19H14F3N3O2S. The number of benzene rings is 2. The van der Waals surface area contributed by atoms with Gasteiger partial charge in [0.25, 0.3) is 5.91 Å². The lowest BCUT2D eigenvalue weighted by Gasteiger charge is -2.11. The van der Waals surface area contributed by atoms with Gasteiger partial charge in [-0.1, -0.05) is 18.2 Å². The molecule has 0 saturated carbocycles. The number of nitrogens with one attached hydrogen (secondary N) is 1. The van der Waals surface area contributed by atoms with E-state index >= 15 is 0 Å². The molecule has 0 spiro atoms. The molecule has 0 bridgehead atoms. The third kappa shape index (κ3) is 5.98. The smallest absolute Gasteiger partial charge is 0.406 e. The minimum absolute atomic E-state index is 0.200. The summed E-state index contributed by atoms with van der Waals surface area (Å²) in [5.41, 5.74) is 1.49. The van der Waals surface area contributed by atoms with E-state index in [1.54, 1.807) is 36.8 Å². The van der Waals surface area contributed by atoms with Gasteiger partial charge in [0, 0.05) is 35.5 Å². The number of hydrogen-bond donors (Lipinski definition) is 1. The summed E-state index contributed by atoms with van der Waals surface area (Å²) >= 11 is 1.48. The number of rotatable bonds is 6. The van der Waals surface area contributed by atoms with Crippen LogP contribution in [0.25, 0.3) is 0 Å². The Morgan fingerprint density at radius 3 is 2.68 bits per heavy atom. The van der Waals surface area contributed by atoms with E-state index in [-0.39, 0.29) is 5.69 Å². The number of ether oxygens (including phenoxy) is 1. The Labute approximate surface area is 163 Å². The van der Waals surface area contributed by atoms with Crippen LogP contribution in [-0.4, -0.2) is 22.2 Å². The van der Waals surface area contributed by atoms with Gasteiger partial charge in [0.15, 0.2) is 0 Å². The second-order valence-corrected chi connectivity index (χ2v) is 6.56. The number of amides is 1. The van der Waals surface area contributed by atoms with Crippen LogP contribution >= 0.6 is 11.8 Å². The minimum atomic E-state index is -4.79. The standard InChI is InChI=1S/C19H14F3N3O2S/c20-19(21,22)27-16-6-2-5-15(10-16)25-18(26)14-4-1-3-13(9-14)12-28-17-11-23-7-8-24-17/h1-11H,12H2,(H,25,26). The molecule has 3 rings (SSSR count). The SMILES string of the molecule is O=C(Nc1cccc(OC(F)(F)F)c1)c1cccc(CSc2cnccn2)c1. The molecule has 28 heavy (non-hydrogen) atoms. The Bertz CT molecular complexity index is 952. The van der Waals surface area contributed by atoms with Crippen LogP contribution in [-0.2, 0) is 5.75 Å². The quantitative estimate of drug-likeness (QED) is 0.590. The van der Waals surface area contributed by atoms with E-state index in [1.807, 2.05) is 6.07 Å². The zero-order valence-corrected chi connectivity index (χ0v) is 15.1. The zero-order chi connectivity index (χ0) is 20.0. The Hall–Kier alpha value is -3.07. The molecule has 1 N–H and O–H groups in total. The number of nitrogens with zero attached hydrogens (tertiary/aromatic N) is 2. The van der Waals surface area contributed by atoms with E-state index in [9.17, 15) is 18.0 Å². The fourth-order valence-corrected chi connectivity index (χ4v) is 3.06. The molecule has 1 aromatic heterocycles. The molecule has 3 aromatic rings. The van der Waals surface area contributed by atoms with Gasteiger partial charge in [-0.05, 0) is 29.8 Å². The van der Waals surface area contributed by atoms with Crippen LogP contribution in [0.4, 0.5) is 18.9 Å². The van der Waals surface area contributed by atoms with Crippen molar-refractivity contribution < 1.29 is 22.7 Å². The Morgan fingerprint density at radius 2 is 1.93 bits per heavy atom. The average Bonchev–Trinajstić information content (AvgIpc) is 2.66. The first-order valence-corrected chi connectivity index (χ1v) is 9.02. The zero-order valence-electron chi connectivity index (χ0n) is 14.3. The number of carbonyl (C=O) groups excluding carboxylic acids is 1. The summed E-state index contributed by atoms with van der Waals surface area (Å²) in [4.78, 5) is 20.6. The molecule has 1 amide bonds. The first-order chi connectivity index (χ1) is 13.4. The predicted octanol–water partition coefficient (Wildman–Crippen LogP) is 4.92. The molecule has 5 nitrogen and oxygen atoms in total. The summed E-state index contributed by atoms with van der Waals surface area (Å²) in [5.74, 6) is -0.246. The van der Waals surface area contributed by atoms with Gasteiger partial charge in [-0.2, -0.15) is 0 Å². The van der Waals surface area contributed by atoms with Crippen LogP contribution in [0.5, 0.6) is 5.75 Å². The van der Waals surface area contributed by atoms with E-state index < -0.39 is 18.0 Å². The lowest BCUT2D eigenvalue weighted by atomic mass is 10.1. The van der Waals surface area contributed by atoms with Crippen LogP contribution < -0.4 is 10.1 Å². The van der Waals surface area contributed by atoms with Gasteiger partial charge in [0.05, 0.1) is 6.20 Å². The highest BCUT2D eigenvalue weighted by atomic mass is 32.2. The fraction of sp³-hybridized carbons (Fsp3) is 0.105. The summed E-state index contributed by atoms with van der Waals surface area (Å²) in [6.07, 6.45) is 0.0432. The average molecular weight is 405 g/mol. The Balaban J connectivity index is 1.65. The third-order valence-corrected chi connectivity index (χ3v) is 4.43. The molecular weight excluding hydrogens is 391 g/mol. The number of alkyl halides is 3. The van der Waals surface area contributed by atoms with Crippen molar-refractivity contribution in [1.29, 1.82) is 0 Å². The van der Waals surface area contributed by atoms with E-state index in [4.69, 9.17) is 0 Å². The molecule has 0 unspecified atom stereocenters. The highest BCUT2D eigenvalue weighted by Crippen LogP contribution is 2.25. The van der Waals surface area contributed by atoms with Crippen molar-refractivity contribution in [1.82, 2.24) is 9.97 Å². The third-order valence-electron chi connectivity index (χ3n) is 3.44. The first kappa shape index (κ1) is 19.7. The van der Waals surface area contributed by atoms with Gasteiger partial charge in [-0.25, -0.2) is 4.98 Å². The van der Waals surface area contributed by atoms with Crippen molar-refractivity contribution in [2.45, 2.75) is 17.1 Å². The number of aromatic nitrogens is 2. The van der Waals surface area contributed by atoms with Crippen LogP contribution in [0.1, 0.15) is 15.9 Å². The summed E-state index contributed by atoms with van der Waals surface area (Å²) < 4.78 is 40.8. The highest BCUT2D eigenvalue weighted by Gasteiger charge is 2.31. The highest BCUT2D eigenvalue weighted by molar-refractivity contribution is 7.98. The minimum Gasteiger partial charge on any atom is -0.406 e. The monoisotopic (exact) mass is 405 g/mol. The summed E-state index contributed by atoms with van der Waals surface area (Å²) in [6, 6.07) is 12.1. The largest absolute Gasteiger partial charge is 0.573 e. The molecule has 0 aliphatic heterocycles. The number of hydrogen-bond acceptors (Lipinski definition) is 5. The van der Waals surface area contributed by atoms with Crippen molar-refractivity contribution >= 4 is 23.4 Å². The summed E-state index contributed by atoms with van der Waals surface area (Å²) in [7, 11) is 0. The first-order valence-electron chi connectivity index (χ1n) is 8.04. The van der Waals surface area contributed by atoms with Crippen molar-refractivity contribution in [2.24, 2.45) is 0 Å². The normalized spacial score (nSPS) is 11.1. The Kier molecular flexibility index (Phi) is 6.15. The van der Waals surface area contributed by atoms with Gasteiger partial charge >= 0.3 is 6.36 Å². The van der Waals surface area contributed by atoms with Gasteiger partial charge < -0.3 is 10.1 Å². The van der Waals surface area contributed by atoms with E-state index in [2.05, 4.69) is 20.0 Å². The van der Waals surface area contributed by atoms with Gasteiger partial charge in [-0.15, -0.1) is 24.9 Å². The molecule has 0 radical (unpaired) electrons. The summed E-state index contributed by atoms with van der Waals surface area (Å²) in [5, 5.41) is 3.33. The second kappa shape index (κ2) is 8.75. The maximum Gasteiger partial charge on any atom is 0.573 e. The predicted molar refractivity (Wildman–Crippen MR) is 99.1 cm³/mol. The second-order valence-electron chi connectivity index (χ2n) is 5.56. The van der Waals surface area contributed by atoms with E-state index in [1.165, 1.54) is 23.9 Å². The molecule has 144 valence electrons. The lowest BCUT2D eigenvalue weighted by Crippen LogP contribution is -2.17. The van der Waals surface area contributed by atoms with Crippen LogP contribution in [0.15, 0.2) is 72.1 Å². The van der Waals surface area contributed by atoms with Crippen LogP contribution in [0.2, 0.25) is 0 Å². The van der Waals surface area contributed by atoms with Crippen molar-refractivity contribution in [3.8, 4) is 5.75 Å². The molecule has 1 heterocycles. The molecule has 0 atom stereocenters. The van der Waals surface area contributed by atoms with Crippen LogP contribution in [0, 0.1) is 0 Å². The van der Waals surface area contributed by atoms with Gasteiger partial charge in [0.1, 0.15) is 10.8 Å². The maximum atomic E-state index is 12.4. The molecule has 0 fully saturated rings. The van der Waals surface area contributed by atoms with Crippen molar-refractivity contribution in [2.75, 3.05) is 5.32 Å². The summed E-state index contributed by atoms with van der Waals surface area (Å²) in [6.45, 7) is 0. The van der Waals surface area contributed by atoms with E-state index in [0.29, 0.717) is 11.3 Å². The van der Waals surface area contributed by atoms with Gasteiger partial charge in [0.2, 0.25) is 0 Å². The molecule has 0 saturated heterocycles. The molecule has 2 aromatic carbocycles. The fourth-order valence-electron chi connectivity index (χ4n) is 2.29. The van der Waals surface area contributed by atoms with Crippen molar-refractivity contribution in [3.05, 3.63) is 78.2 Å². The van der Waals surface area contributed by atoms with Crippen molar-refractivity contribution in [3.63, 3.8) is 0 Å². The lowest BCUT2D eigenvalue weighted by molar-refractivity contribution is -0.274. The van der Waals surface area contributed by atoms with E-state index in [0.717, 1.165) is 22.7 Å². The molecule has 0 aliphatic rings. The number of anilines is 1. The molecule has 9 heteroatoms. The maximum absolute atomic E-state index is 12.4. The number of carbonyl (C=O) groups is 1. The van der Waals surface area contributed by atoms with Gasteiger partial charge in [-0.3, -0.25) is 9.78 Å².